The molecule has 0 spiro atoms. The van der Waals surface area contributed by atoms with Gasteiger partial charge in [0.25, 0.3) is 0 Å². The van der Waals surface area contributed by atoms with E-state index in [4.69, 9.17) is 0 Å². The maximum absolute atomic E-state index is 12.7. The summed E-state index contributed by atoms with van der Waals surface area (Å²) < 4.78 is 38.2. The van der Waals surface area contributed by atoms with Crippen molar-refractivity contribution in [3.8, 4) is 0 Å². The third-order valence-corrected chi connectivity index (χ3v) is 5.12. The number of aromatic nitrogens is 1. The van der Waals surface area contributed by atoms with Crippen LogP contribution in [-0.2, 0) is 6.42 Å². The lowest BCUT2D eigenvalue weighted by Crippen LogP contribution is -2.35. The second-order valence-electron chi connectivity index (χ2n) is 5.52. The molecule has 0 aliphatic heterocycles. The van der Waals surface area contributed by atoms with Gasteiger partial charge in [-0.15, -0.1) is 0 Å². The van der Waals surface area contributed by atoms with E-state index in [1.165, 1.54) is 16.2 Å². The molecule has 0 aromatic carbocycles. The van der Waals surface area contributed by atoms with Crippen LogP contribution >= 0.6 is 11.3 Å². The molecule has 2 aliphatic carbocycles. The smallest absolute Gasteiger partial charge is 0.336 e. The van der Waals surface area contributed by atoms with Gasteiger partial charge in [-0.1, -0.05) is 11.3 Å². The zero-order chi connectivity index (χ0) is 14.3. The highest BCUT2D eigenvalue weighted by Gasteiger charge is 2.40. The quantitative estimate of drug-likeness (QED) is 0.925. The van der Waals surface area contributed by atoms with Crippen molar-refractivity contribution in [2.45, 2.75) is 50.4 Å². The first-order valence-electron chi connectivity index (χ1n) is 6.98. The van der Waals surface area contributed by atoms with E-state index in [-0.39, 0.29) is 12.1 Å². The van der Waals surface area contributed by atoms with Crippen molar-refractivity contribution >= 4 is 16.5 Å². The number of halogens is 3. The Morgan fingerprint density at radius 2 is 2.10 bits per heavy atom. The minimum absolute atomic E-state index is 0.0252. The molecule has 1 N–H and O–H groups in total. The van der Waals surface area contributed by atoms with Crippen LogP contribution in [0.1, 0.15) is 42.3 Å². The lowest BCUT2D eigenvalue weighted by molar-refractivity contribution is -0.120. The highest BCUT2D eigenvalue weighted by atomic mass is 32.1. The topological polar surface area (TPSA) is 28.2 Å². The number of thiazole rings is 1. The minimum Gasteiger partial charge on any atom is -0.336 e. The van der Waals surface area contributed by atoms with Gasteiger partial charge in [-0.3, -0.25) is 0 Å². The molecular weight excluding hydrogens is 287 g/mol. The minimum atomic E-state index is -4.17. The SMILES string of the molecule is CNC1CCCc2nc(N(CC(F)(F)F)C3CC3)sc21. The largest absolute Gasteiger partial charge is 0.406 e. The van der Waals surface area contributed by atoms with Crippen molar-refractivity contribution in [2.24, 2.45) is 0 Å². The Balaban J connectivity index is 1.86. The number of alkyl halides is 3. The van der Waals surface area contributed by atoms with E-state index in [0.717, 1.165) is 42.7 Å². The Morgan fingerprint density at radius 1 is 1.35 bits per heavy atom. The molecule has 3 rings (SSSR count). The first-order chi connectivity index (χ1) is 9.48. The van der Waals surface area contributed by atoms with Gasteiger partial charge in [0.2, 0.25) is 0 Å². The summed E-state index contributed by atoms with van der Waals surface area (Å²) in [6, 6.07) is 0.272. The second-order valence-corrected chi connectivity index (χ2v) is 6.52. The van der Waals surface area contributed by atoms with Crippen LogP contribution in [0.5, 0.6) is 0 Å². The molecule has 0 amide bonds. The number of anilines is 1. The maximum Gasteiger partial charge on any atom is 0.406 e. The van der Waals surface area contributed by atoms with Crippen LogP contribution in [0.25, 0.3) is 0 Å². The van der Waals surface area contributed by atoms with Gasteiger partial charge in [0.05, 0.1) is 5.69 Å². The third kappa shape index (κ3) is 2.93. The molecule has 20 heavy (non-hydrogen) atoms. The van der Waals surface area contributed by atoms with Gasteiger partial charge in [-0.05, 0) is 39.2 Å². The Labute approximate surface area is 120 Å². The normalized spacial score (nSPS) is 22.7. The summed E-state index contributed by atoms with van der Waals surface area (Å²) in [4.78, 5) is 7.08. The average molecular weight is 305 g/mol. The van der Waals surface area contributed by atoms with Gasteiger partial charge in [-0.2, -0.15) is 13.2 Å². The predicted octanol–water partition coefficient (Wildman–Crippen LogP) is 3.27. The monoisotopic (exact) mass is 305 g/mol. The fourth-order valence-corrected chi connectivity index (χ4v) is 4.06. The molecule has 3 nitrogen and oxygen atoms in total. The number of nitrogens with one attached hydrogen (secondary N) is 1. The van der Waals surface area contributed by atoms with Gasteiger partial charge in [0, 0.05) is 17.0 Å². The summed E-state index contributed by atoms with van der Waals surface area (Å²) >= 11 is 1.44. The Bertz CT molecular complexity index is 482. The van der Waals surface area contributed by atoms with Gasteiger partial charge in [0.15, 0.2) is 5.13 Å². The Kier molecular flexibility index (Phi) is 3.66. The van der Waals surface area contributed by atoms with Crippen LogP contribution in [0.2, 0.25) is 0 Å². The number of fused-ring (bicyclic) bond motifs is 1. The molecule has 1 saturated carbocycles. The van der Waals surface area contributed by atoms with E-state index < -0.39 is 12.7 Å². The molecule has 7 heteroatoms. The van der Waals surface area contributed by atoms with E-state index >= 15 is 0 Å². The molecule has 1 atom stereocenters. The molecule has 1 unspecified atom stereocenters. The molecule has 1 aromatic heterocycles. The van der Waals surface area contributed by atoms with Crippen LogP contribution in [0.4, 0.5) is 18.3 Å². The van der Waals surface area contributed by atoms with Crippen molar-refractivity contribution < 1.29 is 13.2 Å². The Hall–Kier alpha value is -0.820. The van der Waals surface area contributed by atoms with Gasteiger partial charge in [-0.25, -0.2) is 4.98 Å². The van der Waals surface area contributed by atoms with Crippen LogP contribution in [0.15, 0.2) is 0 Å². The molecule has 1 heterocycles. The van der Waals surface area contributed by atoms with E-state index in [9.17, 15) is 13.2 Å². The molecule has 0 saturated heterocycles. The summed E-state index contributed by atoms with van der Waals surface area (Å²) in [6.45, 7) is -0.881. The predicted molar refractivity (Wildman–Crippen MR) is 73.3 cm³/mol. The van der Waals surface area contributed by atoms with E-state index in [1.807, 2.05) is 7.05 Å². The fraction of sp³-hybridized carbons (Fsp3) is 0.769. The van der Waals surface area contributed by atoms with Crippen molar-refractivity contribution in [1.29, 1.82) is 0 Å². The van der Waals surface area contributed by atoms with Crippen molar-refractivity contribution in [1.82, 2.24) is 10.3 Å². The standard InChI is InChI=1S/C13H18F3N3S/c1-17-9-3-2-4-10-11(9)20-12(18-10)19(8-5-6-8)7-13(14,15)16/h8-9,17H,2-7H2,1H3. The third-order valence-electron chi connectivity index (χ3n) is 3.87. The molecule has 2 aliphatic rings. The molecule has 1 fully saturated rings. The molecule has 1 aromatic rings. The first kappa shape index (κ1) is 14.1. The highest BCUT2D eigenvalue weighted by molar-refractivity contribution is 7.15. The highest BCUT2D eigenvalue weighted by Crippen LogP contribution is 2.41. The molecule has 112 valence electrons. The van der Waals surface area contributed by atoms with Crippen molar-refractivity contribution in [3.05, 3.63) is 10.6 Å². The fourth-order valence-electron chi connectivity index (χ4n) is 2.74. The molecule has 0 radical (unpaired) electrons. The van der Waals surface area contributed by atoms with E-state index in [0.29, 0.717) is 5.13 Å². The first-order valence-corrected chi connectivity index (χ1v) is 7.80. The summed E-state index contributed by atoms with van der Waals surface area (Å²) in [5.74, 6) is 0. The number of aryl methyl sites for hydroxylation is 1. The maximum atomic E-state index is 12.7. The van der Waals surface area contributed by atoms with Gasteiger partial charge in [0.1, 0.15) is 6.54 Å². The van der Waals surface area contributed by atoms with Crippen molar-refractivity contribution in [2.75, 3.05) is 18.5 Å². The summed E-state index contributed by atoms with van der Waals surface area (Å²) in [7, 11) is 1.90. The van der Waals surface area contributed by atoms with Crippen LogP contribution in [0, 0.1) is 0 Å². The van der Waals surface area contributed by atoms with Crippen LogP contribution in [0.3, 0.4) is 0 Å². The average Bonchev–Trinajstić information content (AvgIpc) is 3.12. The lowest BCUT2D eigenvalue weighted by Gasteiger charge is -2.22. The number of hydrogen-bond acceptors (Lipinski definition) is 4. The molecule has 0 bridgehead atoms. The Morgan fingerprint density at radius 3 is 2.70 bits per heavy atom. The van der Waals surface area contributed by atoms with E-state index in [1.54, 1.807) is 0 Å². The summed E-state index contributed by atoms with van der Waals surface area (Å²) in [5, 5.41) is 3.79. The number of nitrogens with zero attached hydrogens (tertiary/aromatic N) is 2. The summed E-state index contributed by atoms with van der Waals surface area (Å²) in [6.07, 6.45) is 0.482. The number of rotatable bonds is 4. The molecular formula is C13H18F3N3S. The zero-order valence-electron chi connectivity index (χ0n) is 11.3. The van der Waals surface area contributed by atoms with Crippen LogP contribution < -0.4 is 10.2 Å². The van der Waals surface area contributed by atoms with Gasteiger partial charge >= 0.3 is 6.18 Å². The number of hydrogen-bond donors (Lipinski definition) is 1. The van der Waals surface area contributed by atoms with Gasteiger partial charge < -0.3 is 10.2 Å². The summed E-state index contributed by atoms with van der Waals surface area (Å²) in [5.41, 5.74) is 0.989. The van der Waals surface area contributed by atoms with E-state index in [2.05, 4.69) is 10.3 Å². The zero-order valence-corrected chi connectivity index (χ0v) is 12.2. The van der Waals surface area contributed by atoms with Crippen LogP contribution in [-0.4, -0.2) is 30.8 Å². The second kappa shape index (κ2) is 5.18. The lowest BCUT2D eigenvalue weighted by atomic mass is 9.98. The van der Waals surface area contributed by atoms with Crippen molar-refractivity contribution in [3.63, 3.8) is 0 Å².